The fourth-order valence-corrected chi connectivity index (χ4v) is 3.16. The smallest absolute Gasteiger partial charge is 0.141 e. The maximum Gasteiger partial charge on any atom is 0.141 e. The van der Waals surface area contributed by atoms with E-state index in [0.29, 0.717) is 0 Å². The van der Waals surface area contributed by atoms with Crippen LogP contribution in [0.25, 0.3) is 0 Å². The number of benzene rings is 1. The molecule has 3 nitrogen and oxygen atoms in total. The number of rotatable bonds is 5. The van der Waals surface area contributed by atoms with Crippen LogP contribution in [-0.2, 0) is 5.75 Å². The third-order valence-corrected chi connectivity index (χ3v) is 4.43. The molecule has 1 aromatic heterocycles. The molecule has 0 amide bonds. The van der Waals surface area contributed by atoms with Gasteiger partial charge in [0.15, 0.2) is 0 Å². The first-order chi connectivity index (χ1) is 9.60. The lowest BCUT2D eigenvalue weighted by Gasteiger charge is -2.11. The van der Waals surface area contributed by atoms with E-state index in [2.05, 4.69) is 57.2 Å². The predicted octanol–water partition coefficient (Wildman–Crippen LogP) is 4.58. The van der Waals surface area contributed by atoms with Crippen molar-refractivity contribution in [2.24, 2.45) is 0 Å². The Bertz CT molecular complexity index is 602. The van der Waals surface area contributed by atoms with Gasteiger partial charge in [-0.05, 0) is 39.0 Å². The van der Waals surface area contributed by atoms with Gasteiger partial charge in [-0.3, -0.25) is 0 Å². The van der Waals surface area contributed by atoms with Crippen molar-refractivity contribution in [3.63, 3.8) is 0 Å². The Hall–Kier alpha value is -1.07. The minimum absolute atomic E-state index is 0.774. The van der Waals surface area contributed by atoms with Crippen molar-refractivity contribution >= 4 is 33.5 Å². The minimum Gasteiger partial charge on any atom is -0.370 e. The molecule has 0 aliphatic rings. The molecular formula is C15H18BrN3S. The molecule has 1 heterocycles. The van der Waals surface area contributed by atoms with Crippen LogP contribution in [0.3, 0.4) is 0 Å². The zero-order valence-electron chi connectivity index (χ0n) is 11.9. The first-order valence-corrected chi connectivity index (χ1v) is 8.34. The predicted molar refractivity (Wildman–Crippen MR) is 89.4 cm³/mol. The molecular weight excluding hydrogens is 334 g/mol. The van der Waals surface area contributed by atoms with Crippen molar-refractivity contribution < 1.29 is 0 Å². The maximum absolute atomic E-state index is 4.61. The van der Waals surface area contributed by atoms with Crippen molar-refractivity contribution in [2.45, 2.75) is 31.4 Å². The Labute approximate surface area is 132 Å². The van der Waals surface area contributed by atoms with E-state index in [1.807, 2.05) is 19.1 Å². The molecule has 5 heteroatoms. The van der Waals surface area contributed by atoms with Gasteiger partial charge >= 0.3 is 0 Å². The summed E-state index contributed by atoms with van der Waals surface area (Å²) in [6.07, 6.45) is 0. The lowest BCUT2D eigenvalue weighted by molar-refractivity contribution is 0.964. The number of hydrogen-bond acceptors (Lipinski definition) is 4. The highest BCUT2D eigenvalue weighted by Crippen LogP contribution is 2.25. The molecule has 20 heavy (non-hydrogen) atoms. The van der Waals surface area contributed by atoms with Crippen LogP contribution < -0.4 is 5.32 Å². The number of aromatic nitrogens is 2. The molecule has 0 radical (unpaired) electrons. The summed E-state index contributed by atoms with van der Waals surface area (Å²) in [4.78, 5) is 10.4. The van der Waals surface area contributed by atoms with Crippen LogP contribution in [0.5, 0.6) is 0 Å². The average molecular weight is 352 g/mol. The van der Waals surface area contributed by atoms with E-state index >= 15 is 0 Å². The van der Waals surface area contributed by atoms with Crippen LogP contribution in [0.15, 0.2) is 33.6 Å². The highest BCUT2D eigenvalue weighted by atomic mass is 79.9. The highest BCUT2D eigenvalue weighted by molar-refractivity contribution is 9.10. The van der Waals surface area contributed by atoms with Crippen molar-refractivity contribution in [2.75, 3.05) is 11.9 Å². The van der Waals surface area contributed by atoms with Crippen molar-refractivity contribution in [3.05, 3.63) is 45.8 Å². The van der Waals surface area contributed by atoms with Crippen molar-refractivity contribution in [1.82, 2.24) is 9.97 Å². The van der Waals surface area contributed by atoms with Crippen LogP contribution in [-0.4, -0.2) is 16.5 Å². The Morgan fingerprint density at radius 2 is 2.05 bits per heavy atom. The summed E-state index contributed by atoms with van der Waals surface area (Å²) in [6, 6.07) is 8.27. The molecule has 0 unspecified atom stereocenters. The lowest BCUT2D eigenvalue weighted by Crippen LogP contribution is -2.07. The summed E-state index contributed by atoms with van der Waals surface area (Å²) >= 11 is 5.23. The van der Waals surface area contributed by atoms with E-state index in [-0.39, 0.29) is 0 Å². The van der Waals surface area contributed by atoms with E-state index in [1.165, 1.54) is 4.90 Å². The van der Waals surface area contributed by atoms with Crippen LogP contribution in [0.1, 0.15) is 24.0 Å². The molecule has 1 aromatic carbocycles. The van der Waals surface area contributed by atoms with Gasteiger partial charge in [0, 0.05) is 27.2 Å². The Balaban J connectivity index is 2.13. The normalized spacial score (nSPS) is 10.6. The van der Waals surface area contributed by atoms with Crippen LogP contribution >= 0.6 is 27.7 Å². The summed E-state index contributed by atoms with van der Waals surface area (Å²) in [5.41, 5.74) is 2.17. The molecule has 0 aliphatic carbocycles. The second-order valence-electron chi connectivity index (χ2n) is 4.48. The number of halogens is 1. The van der Waals surface area contributed by atoms with E-state index in [1.54, 1.807) is 11.8 Å². The number of anilines is 1. The standard InChI is InChI=1S/C15H18BrN3S/c1-4-17-15-10(2)11(3)18-14(19-15)9-20-13-7-5-6-12(16)8-13/h5-8H,4,9H2,1-3H3,(H,17,18,19). The molecule has 0 spiro atoms. The van der Waals surface area contributed by atoms with Gasteiger partial charge in [-0.2, -0.15) is 0 Å². The summed E-state index contributed by atoms with van der Waals surface area (Å²) in [5.74, 6) is 2.59. The number of aryl methyl sites for hydroxylation is 1. The van der Waals surface area contributed by atoms with Gasteiger partial charge in [0.2, 0.25) is 0 Å². The van der Waals surface area contributed by atoms with Gasteiger partial charge in [0.05, 0.1) is 5.75 Å². The highest BCUT2D eigenvalue weighted by Gasteiger charge is 2.08. The lowest BCUT2D eigenvalue weighted by atomic mass is 10.2. The summed E-state index contributed by atoms with van der Waals surface area (Å²) in [6.45, 7) is 7.03. The third-order valence-electron chi connectivity index (χ3n) is 2.94. The molecule has 0 bridgehead atoms. The van der Waals surface area contributed by atoms with Gasteiger partial charge in [-0.15, -0.1) is 11.8 Å². The fourth-order valence-electron chi connectivity index (χ4n) is 1.80. The quantitative estimate of drug-likeness (QED) is 0.800. The Morgan fingerprint density at radius 1 is 1.25 bits per heavy atom. The monoisotopic (exact) mass is 351 g/mol. The summed E-state index contributed by atoms with van der Waals surface area (Å²) < 4.78 is 1.09. The van der Waals surface area contributed by atoms with E-state index in [9.17, 15) is 0 Å². The largest absolute Gasteiger partial charge is 0.370 e. The van der Waals surface area contributed by atoms with Gasteiger partial charge in [-0.25, -0.2) is 9.97 Å². The second-order valence-corrected chi connectivity index (χ2v) is 6.44. The molecule has 0 saturated heterocycles. The number of nitrogens with one attached hydrogen (secondary N) is 1. The Kier molecular flexibility index (Phi) is 5.43. The van der Waals surface area contributed by atoms with Gasteiger partial charge in [-0.1, -0.05) is 22.0 Å². The topological polar surface area (TPSA) is 37.8 Å². The fraction of sp³-hybridized carbons (Fsp3) is 0.333. The molecule has 0 aliphatic heterocycles. The van der Waals surface area contributed by atoms with Crippen LogP contribution in [0.4, 0.5) is 5.82 Å². The molecule has 106 valence electrons. The average Bonchev–Trinajstić information content (AvgIpc) is 2.42. The molecule has 1 N–H and O–H groups in total. The first kappa shape index (κ1) is 15.3. The van der Waals surface area contributed by atoms with Gasteiger partial charge in [0.1, 0.15) is 11.6 Å². The van der Waals surface area contributed by atoms with E-state index in [0.717, 1.165) is 39.7 Å². The third kappa shape index (κ3) is 3.96. The van der Waals surface area contributed by atoms with Gasteiger partial charge < -0.3 is 5.32 Å². The molecule has 0 saturated carbocycles. The van der Waals surface area contributed by atoms with Crippen molar-refractivity contribution in [1.29, 1.82) is 0 Å². The second kappa shape index (κ2) is 7.09. The zero-order chi connectivity index (χ0) is 14.5. The summed E-state index contributed by atoms with van der Waals surface area (Å²) in [5, 5.41) is 3.30. The molecule has 2 rings (SSSR count). The SMILES string of the molecule is CCNc1nc(CSc2cccc(Br)c2)nc(C)c1C. The molecule has 0 fully saturated rings. The maximum atomic E-state index is 4.61. The van der Waals surface area contributed by atoms with Crippen LogP contribution in [0.2, 0.25) is 0 Å². The Morgan fingerprint density at radius 3 is 2.75 bits per heavy atom. The number of nitrogens with zero attached hydrogens (tertiary/aromatic N) is 2. The van der Waals surface area contributed by atoms with E-state index < -0.39 is 0 Å². The van der Waals surface area contributed by atoms with Crippen molar-refractivity contribution in [3.8, 4) is 0 Å². The minimum atomic E-state index is 0.774. The summed E-state index contributed by atoms with van der Waals surface area (Å²) in [7, 11) is 0. The first-order valence-electron chi connectivity index (χ1n) is 6.56. The molecule has 0 atom stereocenters. The number of hydrogen-bond donors (Lipinski definition) is 1. The van der Waals surface area contributed by atoms with E-state index in [4.69, 9.17) is 0 Å². The zero-order valence-corrected chi connectivity index (χ0v) is 14.3. The number of thioether (sulfide) groups is 1. The van der Waals surface area contributed by atoms with Crippen LogP contribution in [0, 0.1) is 13.8 Å². The molecule has 2 aromatic rings. The van der Waals surface area contributed by atoms with Gasteiger partial charge in [0.25, 0.3) is 0 Å².